The molecule has 0 spiro atoms. The number of amides is 1. The SMILES string of the molecule is O=C(OCc1ccccc1)N1CC[C@H]2CCCN(CCc3ccccc3)CC21. The van der Waals surface area contributed by atoms with Crippen molar-refractivity contribution in [1.82, 2.24) is 9.80 Å². The molecule has 28 heavy (non-hydrogen) atoms. The molecule has 0 bridgehead atoms. The van der Waals surface area contributed by atoms with Crippen LogP contribution in [0.3, 0.4) is 0 Å². The van der Waals surface area contributed by atoms with E-state index in [0.717, 1.165) is 44.6 Å². The summed E-state index contributed by atoms with van der Waals surface area (Å²) >= 11 is 0. The van der Waals surface area contributed by atoms with Crippen LogP contribution in [0.4, 0.5) is 4.79 Å². The Labute approximate surface area is 168 Å². The number of hydrogen-bond donors (Lipinski definition) is 0. The van der Waals surface area contributed by atoms with Crippen LogP contribution >= 0.6 is 0 Å². The number of hydrogen-bond acceptors (Lipinski definition) is 3. The molecule has 2 fully saturated rings. The van der Waals surface area contributed by atoms with Crippen molar-refractivity contribution in [3.8, 4) is 0 Å². The summed E-state index contributed by atoms with van der Waals surface area (Å²) in [6, 6.07) is 20.9. The lowest BCUT2D eigenvalue weighted by Gasteiger charge is -2.30. The highest BCUT2D eigenvalue weighted by Gasteiger charge is 2.39. The zero-order valence-corrected chi connectivity index (χ0v) is 16.5. The summed E-state index contributed by atoms with van der Waals surface area (Å²) in [5, 5.41) is 0. The number of ether oxygens (including phenoxy) is 1. The zero-order chi connectivity index (χ0) is 19.2. The second-order valence-corrected chi connectivity index (χ2v) is 8.03. The predicted molar refractivity (Wildman–Crippen MR) is 111 cm³/mol. The highest BCUT2D eigenvalue weighted by molar-refractivity contribution is 5.68. The Kier molecular flexibility index (Phi) is 6.27. The van der Waals surface area contributed by atoms with E-state index in [0.29, 0.717) is 18.6 Å². The van der Waals surface area contributed by atoms with Crippen molar-refractivity contribution >= 4 is 6.09 Å². The fourth-order valence-electron chi connectivity index (χ4n) is 4.60. The van der Waals surface area contributed by atoms with Gasteiger partial charge in [-0.3, -0.25) is 0 Å². The highest BCUT2D eigenvalue weighted by atomic mass is 16.6. The topological polar surface area (TPSA) is 32.8 Å². The van der Waals surface area contributed by atoms with Gasteiger partial charge in [0, 0.05) is 19.6 Å². The highest BCUT2D eigenvalue weighted by Crippen LogP contribution is 2.32. The number of benzene rings is 2. The van der Waals surface area contributed by atoms with Gasteiger partial charge < -0.3 is 14.5 Å². The molecule has 2 atom stereocenters. The van der Waals surface area contributed by atoms with Crippen LogP contribution in [0.1, 0.15) is 30.4 Å². The average Bonchev–Trinajstić information content (AvgIpc) is 3.03. The first-order chi connectivity index (χ1) is 13.8. The molecule has 0 radical (unpaired) electrons. The van der Waals surface area contributed by atoms with Gasteiger partial charge in [0.2, 0.25) is 0 Å². The maximum Gasteiger partial charge on any atom is 0.410 e. The number of fused-ring (bicyclic) bond motifs is 1. The fourth-order valence-corrected chi connectivity index (χ4v) is 4.60. The van der Waals surface area contributed by atoms with E-state index in [-0.39, 0.29) is 6.09 Å². The molecule has 2 saturated heterocycles. The summed E-state index contributed by atoms with van der Waals surface area (Å²) in [6.45, 7) is 4.34. The minimum absolute atomic E-state index is 0.152. The number of likely N-dealkylation sites (tertiary alicyclic amines) is 2. The van der Waals surface area contributed by atoms with Crippen LogP contribution in [0, 0.1) is 5.92 Å². The quantitative estimate of drug-likeness (QED) is 0.775. The fraction of sp³-hybridized carbons (Fsp3) is 0.458. The van der Waals surface area contributed by atoms with Crippen LogP contribution in [0.2, 0.25) is 0 Å². The molecular weight excluding hydrogens is 348 g/mol. The van der Waals surface area contributed by atoms with E-state index in [2.05, 4.69) is 35.2 Å². The van der Waals surface area contributed by atoms with E-state index < -0.39 is 0 Å². The van der Waals surface area contributed by atoms with Gasteiger partial charge in [0.1, 0.15) is 6.61 Å². The van der Waals surface area contributed by atoms with Gasteiger partial charge in [0.15, 0.2) is 0 Å². The van der Waals surface area contributed by atoms with Crippen molar-refractivity contribution in [3.63, 3.8) is 0 Å². The first-order valence-electron chi connectivity index (χ1n) is 10.5. The maximum absolute atomic E-state index is 12.8. The third kappa shape index (κ3) is 4.74. The van der Waals surface area contributed by atoms with Crippen molar-refractivity contribution in [2.45, 2.75) is 38.3 Å². The minimum Gasteiger partial charge on any atom is -0.445 e. The Morgan fingerprint density at radius 1 is 0.929 bits per heavy atom. The molecule has 1 unspecified atom stereocenters. The van der Waals surface area contributed by atoms with Gasteiger partial charge in [-0.25, -0.2) is 4.79 Å². The summed E-state index contributed by atoms with van der Waals surface area (Å²) in [7, 11) is 0. The monoisotopic (exact) mass is 378 g/mol. The van der Waals surface area contributed by atoms with Crippen LogP contribution in [-0.4, -0.2) is 48.1 Å². The van der Waals surface area contributed by atoms with Crippen LogP contribution < -0.4 is 0 Å². The lowest BCUT2D eigenvalue weighted by Crippen LogP contribution is -2.45. The number of nitrogens with zero attached hydrogens (tertiary/aromatic N) is 2. The van der Waals surface area contributed by atoms with E-state index in [1.54, 1.807) is 0 Å². The van der Waals surface area contributed by atoms with Gasteiger partial charge in [-0.15, -0.1) is 0 Å². The Hall–Kier alpha value is -2.33. The first-order valence-corrected chi connectivity index (χ1v) is 10.5. The molecule has 4 rings (SSSR count). The lowest BCUT2D eigenvalue weighted by atomic mass is 9.96. The average molecular weight is 379 g/mol. The van der Waals surface area contributed by atoms with Gasteiger partial charge >= 0.3 is 6.09 Å². The first kappa shape index (κ1) is 19.0. The smallest absolute Gasteiger partial charge is 0.410 e. The van der Waals surface area contributed by atoms with E-state index in [1.807, 2.05) is 35.2 Å². The van der Waals surface area contributed by atoms with Crippen molar-refractivity contribution < 1.29 is 9.53 Å². The molecular formula is C24H30N2O2. The van der Waals surface area contributed by atoms with Gasteiger partial charge in [0.25, 0.3) is 0 Å². The van der Waals surface area contributed by atoms with Crippen molar-refractivity contribution in [3.05, 3.63) is 71.8 Å². The van der Waals surface area contributed by atoms with Crippen LogP contribution in [0.15, 0.2) is 60.7 Å². The summed E-state index contributed by atoms with van der Waals surface area (Å²) in [5.74, 6) is 0.617. The summed E-state index contributed by atoms with van der Waals surface area (Å²) in [5.41, 5.74) is 2.42. The summed E-state index contributed by atoms with van der Waals surface area (Å²) < 4.78 is 5.63. The third-order valence-electron chi connectivity index (χ3n) is 6.18. The largest absolute Gasteiger partial charge is 0.445 e. The van der Waals surface area contributed by atoms with E-state index in [9.17, 15) is 4.79 Å². The van der Waals surface area contributed by atoms with Gasteiger partial charge in [-0.1, -0.05) is 60.7 Å². The number of rotatable bonds is 5. The van der Waals surface area contributed by atoms with E-state index in [4.69, 9.17) is 4.74 Å². The van der Waals surface area contributed by atoms with Crippen LogP contribution in [0.25, 0.3) is 0 Å². The Bertz CT molecular complexity index is 750. The molecule has 2 heterocycles. The Morgan fingerprint density at radius 3 is 2.39 bits per heavy atom. The number of carbonyl (C=O) groups excluding carboxylic acids is 1. The second-order valence-electron chi connectivity index (χ2n) is 8.03. The molecule has 0 N–H and O–H groups in total. The molecule has 2 aromatic rings. The normalized spacial score (nSPS) is 22.5. The summed E-state index contributed by atoms with van der Waals surface area (Å²) in [6.07, 6.45) is 4.47. The minimum atomic E-state index is -0.152. The molecule has 2 aliphatic rings. The second kappa shape index (κ2) is 9.24. The Morgan fingerprint density at radius 2 is 1.64 bits per heavy atom. The molecule has 2 aromatic carbocycles. The van der Waals surface area contributed by atoms with Crippen molar-refractivity contribution in [2.24, 2.45) is 5.92 Å². The van der Waals surface area contributed by atoms with Crippen LogP contribution in [0.5, 0.6) is 0 Å². The standard InChI is InChI=1S/C24H30N2O2/c27-24(28-19-21-10-5-2-6-11-21)26-17-14-22-12-7-15-25(18-23(22)26)16-13-20-8-3-1-4-9-20/h1-6,8-11,22-23H,7,12-19H2/t22-,23?/m1/s1. The van der Waals surface area contributed by atoms with Crippen LogP contribution in [-0.2, 0) is 17.8 Å². The third-order valence-corrected chi connectivity index (χ3v) is 6.18. The maximum atomic E-state index is 12.8. The van der Waals surface area contributed by atoms with Gasteiger partial charge in [-0.05, 0) is 49.3 Å². The molecule has 148 valence electrons. The van der Waals surface area contributed by atoms with E-state index >= 15 is 0 Å². The summed E-state index contributed by atoms with van der Waals surface area (Å²) in [4.78, 5) is 17.3. The zero-order valence-electron chi connectivity index (χ0n) is 16.5. The molecule has 2 aliphatic heterocycles. The molecule has 0 aromatic heterocycles. The molecule has 4 nitrogen and oxygen atoms in total. The van der Waals surface area contributed by atoms with E-state index in [1.165, 1.54) is 18.4 Å². The Balaban J connectivity index is 1.34. The lowest BCUT2D eigenvalue weighted by molar-refractivity contribution is 0.0817. The van der Waals surface area contributed by atoms with Gasteiger partial charge in [0.05, 0.1) is 6.04 Å². The molecule has 4 heteroatoms. The predicted octanol–water partition coefficient (Wildman–Crippen LogP) is 4.35. The molecule has 0 aliphatic carbocycles. The number of carbonyl (C=O) groups is 1. The molecule has 0 saturated carbocycles. The van der Waals surface area contributed by atoms with Crippen molar-refractivity contribution in [2.75, 3.05) is 26.2 Å². The van der Waals surface area contributed by atoms with Gasteiger partial charge in [-0.2, -0.15) is 0 Å². The van der Waals surface area contributed by atoms with Crippen molar-refractivity contribution in [1.29, 1.82) is 0 Å². The molecule has 1 amide bonds.